The first kappa shape index (κ1) is 18.9. The minimum Gasteiger partial charge on any atom is -0.481 e. The van der Waals surface area contributed by atoms with Crippen molar-refractivity contribution in [2.24, 2.45) is 11.8 Å². The maximum atomic E-state index is 12.5. The number of anilines is 1. The number of urea groups is 1. The van der Waals surface area contributed by atoms with Gasteiger partial charge in [-0.25, -0.2) is 4.79 Å². The number of likely N-dealkylation sites (tertiary alicyclic amines) is 1. The van der Waals surface area contributed by atoms with E-state index in [2.05, 4.69) is 5.32 Å². The lowest BCUT2D eigenvalue weighted by molar-refractivity contribution is -0.143. The van der Waals surface area contributed by atoms with Crippen molar-refractivity contribution in [2.75, 3.05) is 25.0 Å². The molecule has 0 aliphatic carbocycles. The third-order valence-corrected chi connectivity index (χ3v) is 4.90. The van der Waals surface area contributed by atoms with Crippen LogP contribution in [-0.4, -0.2) is 58.4 Å². The molecule has 3 rings (SSSR count). The van der Waals surface area contributed by atoms with Crippen LogP contribution in [-0.2, 0) is 4.79 Å². The quantitative estimate of drug-likeness (QED) is 0.788. The summed E-state index contributed by atoms with van der Waals surface area (Å²) in [7, 11) is 0. The Morgan fingerprint density at radius 2 is 1.78 bits per heavy atom. The molecule has 1 fully saturated rings. The average molecular weight is 373 g/mol. The standard InChI is InChI=1S/C19H23N3O5/c1-11(2)10-22-16(23)14-4-3-13(9-15(14)17(22)24)20-19(27)21-7-5-12(6-8-21)18(25)26/h3-4,9,11-12H,5-8,10H2,1-2H3,(H,20,27)(H,25,26). The van der Waals surface area contributed by atoms with Crippen molar-refractivity contribution in [1.29, 1.82) is 0 Å². The smallest absolute Gasteiger partial charge is 0.321 e. The number of piperidine rings is 1. The molecule has 0 atom stereocenters. The Kier molecular flexibility index (Phi) is 5.16. The molecule has 144 valence electrons. The number of imide groups is 1. The Labute approximate surface area is 157 Å². The summed E-state index contributed by atoms with van der Waals surface area (Å²) in [6.45, 7) is 4.96. The van der Waals surface area contributed by atoms with Gasteiger partial charge in [0.25, 0.3) is 11.8 Å². The number of nitrogens with one attached hydrogen (secondary N) is 1. The number of carbonyl (C=O) groups is 4. The fourth-order valence-electron chi connectivity index (χ4n) is 3.43. The summed E-state index contributed by atoms with van der Waals surface area (Å²) in [5.41, 5.74) is 1.08. The predicted octanol–water partition coefficient (Wildman–Crippen LogP) is 2.27. The van der Waals surface area contributed by atoms with Crippen LogP contribution in [0.2, 0.25) is 0 Å². The highest BCUT2D eigenvalue weighted by atomic mass is 16.4. The number of hydrogen-bond donors (Lipinski definition) is 2. The van der Waals surface area contributed by atoms with Crippen LogP contribution in [0.1, 0.15) is 47.4 Å². The van der Waals surface area contributed by atoms with Gasteiger partial charge in [-0.3, -0.25) is 19.3 Å². The van der Waals surface area contributed by atoms with Gasteiger partial charge in [-0.1, -0.05) is 13.8 Å². The van der Waals surface area contributed by atoms with Crippen LogP contribution in [0.3, 0.4) is 0 Å². The van der Waals surface area contributed by atoms with Crippen LogP contribution < -0.4 is 5.32 Å². The fraction of sp³-hybridized carbons (Fsp3) is 0.474. The first-order valence-electron chi connectivity index (χ1n) is 9.07. The molecule has 2 aliphatic rings. The van der Waals surface area contributed by atoms with Crippen molar-refractivity contribution in [3.05, 3.63) is 29.3 Å². The zero-order valence-electron chi connectivity index (χ0n) is 15.4. The van der Waals surface area contributed by atoms with Crippen molar-refractivity contribution < 1.29 is 24.3 Å². The molecular weight excluding hydrogens is 350 g/mol. The summed E-state index contributed by atoms with van der Waals surface area (Å²) in [5, 5.41) is 11.8. The number of rotatable bonds is 4. The van der Waals surface area contributed by atoms with Crippen LogP contribution in [0.25, 0.3) is 0 Å². The number of amides is 4. The normalized spacial score (nSPS) is 17.4. The van der Waals surface area contributed by atoms with E-state index >= 15 is 0 Å². The number of aliphatic carboxylic acids is 1. The molecule has 1 aromatic rings. The van der Waals surface area contributed by atoms with E-state index in [1.807, 2.05) is 13.8 Å². The second-order valence-electron chi connectivity index (χ2n) is 7.40. The molecule has 0 radical (unpaired) electrons. The Hall–Kier alpha value is -2.90. The highest BCUT2D eigenvalue weighted by Gasteiger charge is 2.36. The summed E-state index contributed by atoms with van der Waals surface area (Å²) in [5.74, 6) is -1.73. The molecule has 0 unspecified atom stereocenters. The third-order valence-electron chi connectivity index (χ3n) is 4.90. The number of carboxylic acid groups (broad SMARTS) is 1. The van der Waals surface area contributed by atoms with Crippen LogP contribution in [0.15, 0.2) is 18.2 Å². The zero-order chi connectivity index (χ0) is 19.7. The Balaban J connectivity index is 1.68. The lowest BCUT2D eigenvalue weighted by Gasteiger charge is -2.30. The molecule has 27 heavy (non-hydrogen) atoms. The summed E-state index contributed by atoms with van der Waals surface area (Å²) in [6, 6.07) is 4.35. The van der Waals surface area contributed by atoms with Gasteiger partial charge in [-0.2, -0.15) is 0 Å². The molecule has 8 heteroatoms. The van der Waals surface area contributed by atoms with Gasteiger partial charge in [0.15, 0.2) is 0 Å². The first-order chi connectivity index (χ1) is 12.8. The molecule has 0 spiro atoms. The van der Waals surface area contributed by atoms with Gasteiger partial charge in [0.1, 0.15) is 0 Å². The topological polar surface area (TPSA) is 107 Å². The number of carbonyl (C=O) groups excluding carboxylic acids is 3. The minimum atomic E-state index is -0.831. The largest absolute Gasteiger partial charge is 0.481 e. The number of carboxylic acids is 1. The number of nitrogens with zero attached hydrogens (tertiary/aromatic N) is 2. The molecular formula is C19H23N3O5. The second kappa shape index (κ2) is 7.38. The minimum absolute atomic E-state index is 0.167. The van der Waals surface area contributed by atoms with Crippen molar-refractivity contribution in [3.8, 4) is 0 Å². The number of hydrogen-bond acceptors (Lipinski definition) is 4. The molecule has 0 bridgehead atoms. The molecule has 0 aromatic heterocycles. The van der Waals surface area contributed by atoms with E-state index in [4.69, 9.17) is 5.11 Å². The van der Waals surface area contributed by atoms with Crippen molar-refractivity contribution >= 4 is 29.5 Å². The second-order valence-corrected chi connectivity index (χ2v) is 7.40. The van der Waals surface area contributed by atoms with Crippen LogP contribution >= 0.6 is 0 Å². The Morgan fingerprint density at radius 3 is 2.37 bits per heavy atom. The van der Waals surface area contributed by atoms with Gasteiger partial charge in [0, 0.05) is 25.3 Å². The van der Waals surface area contributed by atoms with E-state index in [9.17, 15) is 19.2 Å². The fourth-order valence-corrected chi connectivity index (χ4v) is 3.43. The van der Waals surface area contributed by atoms with Gasteiger partial charge in [-0.05, 0) is 37.0 Å². The van der Waals surface area contributed by atoms with Crippen molar-refractivity contribution in [3.63, 3.8) is 0 Å². The van der Waals surface area contributed by atoms with Crippen LogP contribution in [0.4, 0.5) is 10.5 Å². The monoisotopic (exact) mass is 373 g/mol. The molecule has 2 N–H and O–H groups in total. The van der Waals surface area contributed by atoms with Gasteiger partial charge in [-0.15, -0.1) is 0 Å². The summed E-state index contributed by atoms with van der Waals surface area (Å²) >= 11 is 0. The van der Waals surface area contributed by atoms with Crippen LogP contribution in [0, 0.1) is 11.8 Å². The average Bonchev–Trinajstić information content (AvgIpc) is 2.86. The van der Waals surface area contributed by atoms with E-state index in [-0.39, 0.29) is 23.8 Å². The van der Waals surface area contributed by atoms with E-state index in [1.54, 1.807) is 17.0 Å². The van der Waals surface area contributed by atoms with Gasteiger partial charge >= 0.3 is 12.0 Å². The molecule has 8 nitrogen and oxygen atoms in total. The van der Waals surface area contributed by atoms with Gasteiger partial charge in [0.05, 0.1) is 17.0 Å². The van der Waals surface area contributed by atoms with E-state index in [0.29, 0.717) is 49.3 Å². The maximum Gasteiger partial charge on any atom is 0.321 e. The number of benzene rings is 1. The lowest BCUT2D eigenvalue weighted by Crippen LogP contribution is -2.42. The SMILES string of the molecule is CC(C)CN1C(=O)c2ccc(NC(=O)N3CCC(C(=O)O)CC3)cc2C1=O. The molecule has 2 heterocycles. The number of fused-ring (bicyclic) bond motifs is 1. The molecule has 1 aromatic carbocycles. The van der Waals surface area contributed by atoms with Gasteiger partial charge in [0.2, 0.25) is 0 Å². The van der Waals surface area contributed by atoms with E-state index in [1.165, 1.54) is 11.0 Å². The zero-order valence-corrected chi connectivity index (χ0v) is 15.4. The van der Waals surface area contributed by atoms with Crippen LogP contribution in [0.5, 0.6) is 0 Å². The Bertz CT molecular complexity index is 797. The van der Waals surface area contributed by atoms with E-state index < -0.39 is 11.9 Å². The van der Waals surface area contributed by atoms with Crippen molar-refractivity contribution in [1.82, 2.24) is 9.80 Å². The lowest BCUT2D eigenvalue weighted by atomic mass is 9.97. The van der Waals surface area contributed by atoms with Crippen molar-refractivity contribution in [2.45, 2.75) is 26.7 Å². The summed E-state index contributed by atoms with van der Waals surface area (Å²) in [4.78, 5) is 51.1. The third kappa shape index (κ3) is 3.79. The maximum absolute atomic E-state index is 12.5. The summed E-state index contributed by atoms with van der Waals surface area (Å²) in [6.07, 6.45) is 0.841. The molecule has 4 amide bonds. The predicted molar refractivity (Wildman–Crippen MR) is 97.6 cm³/mol. The highest BCUT2D eigenvalue weighted by molar-refractivity contribution is 6.21. The first-order valence-corrected chi connectivity index (χ1v) is 9.07. The molecule has 2 aliphatic heterocycles. The molecule has 0 saturated carbocycles. The Morgan fingerprint density at radius 1 is 1.15 bits per heavy atom. The molecule has 1 saturated heterocycles. The highest BCUT2D eigenvalue weighted by Crippen LogP contribution is 2.27. The summed E-state index contributed by atoms with van der Waals surface area (Å²) < 4.78 is 0. The van der Waals surface area contributed by atoms with E-state index in [0.717, 1.165) is 0 Å². The van der Waals surface area contributed by atoms with Gasteiger partial charge < -0.3 is 15.3 Å².